The van der Waals surface area contributed by atoms with Gasteiger partial charge in [-0.3, -0.25) is 4.79 Å². The van der Waals surface area contributed by atoms with Gasteiger partial charge in [0.2, 0.25) is 5.91 Å². The quantitative estimate of drug-likeness (QED) is 0.829. The highest BCUT2D eigenvalue weighted by atomic mass is 16.2. The predicted octanol–water partition coefficient (Wildman–Crippen LogP) is 2.79. The molecule has 1 aromatic rings. The number of hydrogen-bond acceptors (Lipinski definition) is 2. The molecule has 0 N–H and O–H groups in total. The molecule has 0 aliphatic carbocycles. The van der Waals surface area contributed by atoms with Crippen LogP contribution in [0, 0.1) is 5.41 Å². The summed E-state index contributed by atoms with van der Waals surface area (Å²) in [4.78, 5) is 30.7. The van der Waals surface area contributed by atoms with E-state index in [0.717, 1.165) is 51.0 Å². The molecule has 0 saturated carbocycles. The van der Waals surface area contributed by atoms with Crippen LogP contribution in [0.15, 0.2) is 30.3 Å². The number of hydrogen-bond donors (Lipinski definition) is 0. The van der Waals surface area contributed by atoms with Gasteiger partial charge in [0, 0.05) is 40.3 Å². The van der Waals surface area contributed by atoms with Gasteiger partial charge < -0.3 is 14.7 Å². The van der Waals surface area contributed by atoms with E-state index in [0.29, 0.717) is 0 Å². The molecular weight excluding hydrogens is 314 g/mol. The zero-order valence-electron chi connectivity index (χ0n) is 15.6. The van der Waals surface area contributed by atoms with Gasteiger partial charge in [0.25, 0.3) is 0 Å². The maximum Gasteiger partial charge on any atom is 0.319 e. The van der Waals surface area contributed by atoms with Crippen molar-refractivity contribution in [3.63, 3.8) is 0 Å². The van der Waals surface area contributed by atoms with E-state index < -0.39 is 0 Å². The van der Waals surface area contributed by atoms with Gasteiger partial charge in [0.15, 0.2) is 0 Å². The van der Waals surface area contributed by atoms with Crippen molar-refractivity contribution < 1.29 is 9.59 Å². The average Bonchev–Trinajstić information content (AvgIpc) is 2.64. The molecule has 1 spiro atoms. The summed E-state index contributed by atoms with van der Waals surface area (Å²) in [5.74, 6) is 0.206. The topological polar surface area (TPSA) is 43.9 Å². The molecule has 2 fully saturated rings. The van der Waals surface area contributed by atoms with Crippen molar-refractivity contribution in [3.8, 4) is 0 Å². The van der Waals surface area contributed by atoms with E-state index in [9.17, 15) is 9.59 Å². The maximum absolute atomic E-state index is 12.9. The Morgan fingerprint density at radius 2 is 1.84 bits per heavy atom. The van der Waals surface area contributed by atoms with Crippen molar-refractivity contribution in [3.05, 3.63) is 35.9 Å². The number of piperidine rings is 2. The van der Waals surface area contributed by atoms with E-state index in [2.05, 4.69) is 19.1 Å². The first-order valence-electron chi connectivity index (χ1n) is 9.26. The Morgan fingerprint density at radius 1 is 1.20 bits per heavy atom. The molecule has 136 valence electrons. The number of rotatable bonds is 2. The minimum Gasteiger partial charge on any atom is -0.342 e. The Bertz CT molecular complexity index is 621. The summed E-state index contributed by atoms with van der Waals surface area (Å²) >= 11 is 0. The molecule has 2 saturated heterocycles. The van der Waals surface area contributed by atoms with Gasteiger partial charge in [-0.1, -0.05) is 30.3 Å². The lowest BCUT2D eigenvalue weighted by atomic mass is 9.67. The summed E-state index contributed by atoms with van der Waals surface area (Å²) in [5, 5.41) is 0. The first-order valence-corrected chi connectivity index (χ1v) is 9.26. The number of likely N-dealkylation sites (N-methyl/N-ethyl adjacent to an activating group) is 1. The summed E-state index contributed by atoms with van der Waals surface area (Å²) in [7, 11) is 3.60. The van der Waals surface area contributed by atoms with E-state index in [1.54, 1.807) is 19.0 Å². The standard InChI is InChI=1S/C20H29N3O2/c1-4-22-15-20(10-12-23(13-11-20)19(25)21(2)3)14-17(18(22)24)16-8-6-5-7-9-16/h5-9,17H,4,10-15H2,1-3H3/t17-/m1/s1. The number of nitrogens with zero attached hydrogens (tertiary/aromatic N) is 3. The summed E-state index contributed by atoms with van der Waals surface area (Å²) < 4.78 is 0. The van der Waals surface area contributed by atoms with Gasteiger partial charge in [-0.2, -0.15) is 0 Å². The monoisotopic (exact) mass is 343 g/mol. The summed E-state index contributed by atoms with van der Waals surface area (Å²) in [5.41, 5.74) is 1.25. The third kappa shape index (κ3) is 3.51. The molecule has 5 nitrogen and oxygen atoms in total. The minimum atomic E-state index is -0.0500. The van der Waals surface area contributed by atoms with E-state index in [1.807, 2.05) is 28.0 Å². The molecule has 3 amide bonds. The van der Waals surface area contributed by atoms with Gasteiger partial charge in [-0.25, -0.2) is 4.79 Å². The predicted molar refractivity (Wildman–Crippen MR) is 98.4 cm³/mol. The van der Waals surface area contributed by atoms with Gasteiger partial charge in [-0.15, -0.1) is 0 Å². The van der Waals surface area contributed by atoms with Crippen LogP contribution >= 0.6 is 0 Å². The number of amides is 3. The van der Waals surface area contributed by atoms with Crippen molar-refractivity contribution in [1.29, 1.82) is 0 Å². The number of carbonyl (C=O) groups excluding carboxylic acids is 2. The highest BCUT2D eigenvalue weighted by molar-refractivity contribution is 5.84. The minimum absolute atomic E-state index is 0.0500. The summed E-state index contributed by atoms with van der Waals surface area (Å²) in [6.07, 6.45) is 2.84. The summed E-state index contributed by atoms with van der Waals surface area (Å²) in [6.45, 7) is 5.21. The third-order valence-electron chi connectivity index (χ3n) is 5.83. The molecule has 25 heavy (non-hydrogen) atoms. The second kappa shape index (κ2) is 7.06. The lowest BCUT2D eigenvalue weighted by Crippen LogP contribution is -2.55. The Hall–Kier alpha value is -2.04. The molecule has 2 heterocycles. The molecule has 0 aromatic heterocycles. The lowest BCUT2D eigenvalue weighted by molar-refractivity contribution is -0.141. The van der Waals surface area contributed by atoms with Crippen LogP contribution in [-0.4, -0.2) is 66.9 Å². The van der Waals surface area contributed by atoms with Crippen LogP contribution in [0.2, 0.25) is 0 Å². The molecule has 0 radical (unpaired) electrons. The number of benzene rings is 1. The van der Waals surface area contributed by atoms with Crippen molar-refractivity contribution in [2.75, 3.05) is 40.3 Å². The van der Waals surface area contributed by atoms with Crippen LogP contribution < -0.4 is 0 Å². The van der Waals surface area contributed by atoms with Gasteiger partial charge in [0.05, 0.1) is 5.92 Å². The lowest BCUT2D eigenvalue weighted by Gasteiger charge is -2.50. The van der Waals surface area contributed by atoms with Crippen molar-refractivity contribution in [2.24, 2.45) is 5.41 Å². The second-order valence-corrected chi connectivity index (χ2v) is 7.68. The van der Waals surface area contributed by atoms with Crippen LogP contribution in [0.3, 0.4) is 0 Å². The Labute approximate surface area is 150 Å². The van der Waals surface area contributed by atoms with E-state index in [1.165, 1.54) is 0 Å². The fourth-order valence-electron chi connectivity index (χ4n) is 4.32. The molecule has 3 rings (SSSR count). The molecule has 2 aliphatic rings. The smallest absolute Gasteiger partial charge is 0.319 e. The molecule has 2 aliphatic heterocycles. The van der Waals surface area contributed by atoms with Crippen molar-refractivity contribution >= 4 is 11.9 Å². The first kappa shape index (κ1) is 17.8. The van der Waals surface area contributed by atoms with Gasteiger partial charge in [0.1, 0.15) is 0 Å². The normalized spacial score (nSPS) is 23.0. The maximum atomic E-state index is 12.9. The van der Waals surface area contributed by atoms with Crippen LogP contribution in [-0.2, 0) is 4.79 Å². The Kier molecular flexibility index (Phi) is 5.02. The number of likely N-dealkylation sites (tertiary alicyclic amines) is 2. The molecule has 1 aromatic carbocycles. The highest BCUT2D eigenvalue weighted by Crippen LogP contribution is 2.45. The number of carbonyl (C=O) groups is 2. The molecular formula is C20H29N3O2. The summed E-state index contributed by atoms with van der Waals surface area (Å²) in [6, 6.07) is 10.3. The molecule has 0 unspecified atom stereocenters. The van der Waals surface area contributed by atoms with Crippen LogP contribution in [0.4, 0.5) is 4.79 Å². The fourth-order valence-corrected chi connectivity index (χ4v) is 4.32. The van der Waals surface area contributed by atoms with E-state index in [-0.39, 0.29) is 23.3 Å². The van der Waals surface area contributed by atoms with Gasteiger partial charge >= 0.3 is 6.03 Å². The Balaban J connectivity index is 1.78. The van der Waals surface area contributed by atoms with Crippen LogP contribution in [0.1, 0.15) is 37.7 Å². The van der Waals surface area contributed by atoms with Gasteiger partial charge in [-0.05, 0) is 37.2 Å². The molecule has 1 atom stereocenters. The largest absolute Gasteiger partial charge is 0.342 e. The zero-order valence-corrected chi connectivity index (χ0v) is 15.6. The molecule has 0 bridgehead atoms. The van der Waals surface area contributed by atoms with Crippen molar-refractivity contribution in [1.82, 2.24) is 14.7 Å². The fraction of sp³-hybridized carbons (Fsp3) is 0.600. The zero-order chi connectivity index (χ0) is 18.0. The highest BCUT2D eigenvalue weighted by Gasteiger charge is 2.46. The van der Waals surface area contributed by atoms with Crippen LogP contribution in [0.5, 0.6) is 0 Å². The SMILES string of the molecule is CCN1CC2(CCN(C(=O)N(C)C)CC2)C[C@H](c2ccccc2)C1=O. The first-order chi connectivity index (χ1) is 12.0. The Morgan fingerprint density at radius 3 is 2.40 bits per heavy atom. The third-order valence-corrected chi connectivity index (χ3v) is 5.83. The second-order valence-electron chi connectivity index (χ2n) is 7.68. The van der Waals surface area contributed by atoms with Crippen LogP contribution in [0.25, 0.3) is 0 Å². The van der Waals surface area contributed by atoms with E-state index >= 15 is 0 Å². The van der Waals surface area contributed by atoms with E-state index in [4.69, 9.17) is 0 Å². The number of urea groups is 1. The average molecular weight is 343 g/mol. The van der Waals surface area contributed by atoms with Crippen molar-refractivity contribution in [2.45, 2.75) is 32.1 Å². The molecule has 5 heteroatoms.